The van der Waals surface area contributed by atoms with Gasteiger partial charge in [-0.1, -0.05) is 18.2 Å². The predicted molar refractivity (Wildman–Crippen MR) is 54.4 cm³/mol. The second-order valence-electron chi connectivity index (χ2n) is 3.40. The summed E-state index contributed by atoms with van der Waals surface area (Å²) in [6, 6.07) is 7.95. The van der Waals surface area contributed by atoms with Gasteiger partial charge in [0.1, 0.15) is 5.75 Å². The molecule has 0 spiro atoms. The molecule has 1 aromatic carbocycles. The first-order chi connectivity index (χ1) is 6.90. The highest BCUT2D eigenvalue weighted by molar-refractivity contribution is 5.32. The normalized spacial score (nSPS) is 16.4. The Morgan fingerprint density at radius 3 is 2.79 bits per heavy atom. The Bertz CT molecular complexity index is 297. The Balaban J connectivity index is 1.93. The average Bonchev–Trinajstić information content (AvgIpc) is 2.16. The lowest BCUT2D eigenvalue weighted by Crippen LogP contribution is -2.48. The van der Waals surface area contributed by atoms with Gasteiger partial charge in [0.25, 0.3) is 0 Å². The Kier molecular flexibility index (Phi) is 3.01. The lowest BCUT2D eigenvalue weighted by atomic mass is 10.2. The lowest BCUT2D eigenvalue weighted by Gasteiger charge is -2.27. The van der Waals surface area contributed by atoms with Crippen molar-refractivity contribution in [3.05, 3.63) is 29.8 Å². The quantitative estimate of drug-likeness (QED) is 0.779. The van der Waals surface area contributed by atoms with E-state index >= 15 is 0 Å². The van der Waals surface area contributed by atoms with Crippen LogP contribution < -0.4 is 10.1 Å². The maximum atomic E-state index is 5.66. The van der Waals surface area contributed by atoms with Crippen molar-refractivity contribution in [3.63, 3.8) is 0 Å². The van der Waals surface area contributed by atoms with Crippen LogP contribution in [0.3, 0.4) is 0 Å². The fourth-order valence-corrected chi connectivity index (χ4v) is 1.41. The molecule has 0 aromatic heterocycles. The van der Waals surface area contributed by atoms with Crippen LogP contribution in [0.2, 0.25) is 0 Å². The molecule has 1 N–H and O–H groups in total. The summed E-state index contributed by atoms with van der Waals surface area (Å²) < 4.78 is 10.9. The fourth-order valence-electron chi connectivity index (χ4n) is 1.41. The lowest BCUT2D eigenvalue weighted by molar-refractivity contribution is 0.00682. The summed E-state index contributed by atoms with van der Waals surface area (Å²) in [4.78, 5) is 0. The largest absolute Gasteiger partial charge is 0.496 e. The van der Waals surface area contributed by atoms with E-state index in [4.69, 9.17) is 9.47 Å². The van der Waals surface area contributed by atoms with Crippen molar-refractivity contribution < 1.29 is 9.47 Å². The SMILES string of the molecule is COc1ccccc1COC1CNC1. The summed E-state index contributed by atoms with van der Waals surface area (Å²) in [7, 11) is 1.68. The monoisotopic (exact) mass is 193 g/mol. The first-order valence-electron chi connectivity index (χ1n) is 4.84. The van der Waals surface area contributed by atoms with E-state index in [1.165, 1.54) is 0 Å². The minimum atomic E-state index is 0.375. The van der Waals surface area contributed by atoms with E-state index in [2.05, 4.69) is 5.32 Å². The average molecular weight is 193 g/mol. The number of ether oxygens (including phenoxy) is 2. The van der Waals surface area contributed by atoms with E-state index in [0.717, 1.165) is 24.4 Å². The third-order valence-electron chi connectivity index (χ3n) is 2.41. The summed E-state index contributed by atoms with van der Waals surface area (Å²) in [6.45, 7) is 2.57. The number of nitrogens with one attached hydrogen (secondary N) is 1. The zero-order chi connectivity index (χ0) is 9.80. The van der Waals surface area contributed by atoms with Crippen LogP contribution in [0.15, 0.2) is 24.3 Å². The van der Waals surface area contributed by atoms with Crippen LogP contribution in [-0.4, -0.2) is 26.3 Å². The number of rotatable bonds is 4. The predicted octanol–water partition coefficient (Wildman–Crippen LogP) is 1.18. The van der Waals surface area contributed by atoms with Gasteiger partial charge in [0.2, 0.25) is 0 Å². The Hall–Kier alpha value is -1.06. The molecular weight excluding hydrogens is 178 g/mol. The second kappa shape index (κ2) is 4.44. The van der Waals surface area contributed by atoms with Crippen LogP contribution in [0.4, 0.5) is 0 Å². The Morgan fingerprint density at radius 1 is 1.36 bits per heavy atom. The Morgan fingerprint density at radius 2 is 2.14 bits per heavy atom. The van der Waals surface area contributed by atoms with Crippen LogP contribution in [0.1, 0.15) is 5.56 Å². The smallest absolute Gasteiger partial charge is 0.124 e. The van der Waals surface area contributed by atoms with Crippen molar-refractivity contribution >= 4 is 0 Å². The van der Waals surface area contributed by atoms with Gasteiger partial charge in [-0.15, -0.1) is 0 Å². The highest BCUT2D eigenvalue weighted by Crippen LogP contribution is 2.18. The molecule has 1 heterocycles. The molecule has 0 atom stereocenters. The first-order valence-corrected chi connectivity index (χ1v) is 4.84. The molecule has 0 amide bonds. The molecule has 3 nitrogen and oxygen atoms in total. The molecule has 1 saturated heterocycles. The van der Waals surface area contributed by atoms with Gasteiger partial charge >= 0.3 is 0 Å². The number of benzene rings is 1. The van der Waals surface area contributed by atoms with Crippen LogP contribution in [-0.2, 0) is 11.3 Å². The van der Waals surface area contributed by atoms with Crippen LogP contribution >= 0.6 is 0 Å². The molecule has 14 heavy (non-hydrogen) atoms. The van der Waals surface area contributed by atoms with E-state index in [9.17, 15) is 0 Å². The van der Waals surface area contributed by atoms with Gasteiger partial charge in [0.15, 0.2) is 0 Å². The molecule has 3 heteroatoms. The summed E-state index contributed by atoms with van der Waals surface area (Å²) in [5.41, 5.74) is 1.11. The number of hydrogen-bond acceptors (Lipinski definition) is 3. The third-order valence-corrected chi connectivity index (χ3v) is 2.41. The highest BCUT2D eigenvalue weighted by atomic mass is 16.5. The van der Waals surface area contributed by atoms with Gasteiger partial charge < -0.3 is 14.8 Å². The van der Waals surface area contributed by atoms with Crippen molar-refractivity contribution in [2.24, 2.45) is 0 Å². The van der Waals surface area contributed by atoms with E-state index in [1.807, 2.05) is 24.3 Å². The minimum Gasteiger partial charge on any atom is -0.496 e. The first kappa shape index (κ1) is 9.49. The third kappa shape index (κ3) is 2.05. The highest BCUT2D eigenvalue weighted by Gasteiger charge is 2.17. The molecule has 0 unspecified atom stereocenters. The summed E-state index contributed by atoms with van der Waals surface area (Å²) in [5, 5.41) is 3.17. The number of para-hydroxylation sites is 1. The van der Waals surface area contributed by atoms with E-state index in [0.29, 0.717) is 12.7 Å². The zero-order valence-electron chi connectivity index (χ0n) is 8.32. The molecule has 1 aliphatic heterocycles. The standard InChI is InChI=1S/C11H15NO2/c1-13-11-5-3-2-4-9(11)8-14-10-6-12-7-10/h2-5,10,12H,6-8H2,1H3. The molecule has 0 bridgehead atoms. The van der Waals surface area contributed by atoms with E-state index < -0.39 is 0 Å². The maximum Gasteiger partial charge on any atom is 0.124 e. The topological polar surface area (TPSA) is 30.5 Å². The van der Waals surface area contributed by atoms with Crippen molar-refractivity contribution in [1.82, 2.24) is 5.32 Å². The van der Waals surface area contributed by atoms with Gasteiger partial charge in [-0.2, -0.15) is 0 Å². The van der Waals surface area contributed by atoms with Crippen molar-refractivity contribution in [2.75, 3.05) is 20.2 Å². The van der Waals surface area contributed by atoms with Crippen LogP contribution in [0.5, 0.6) is 5.75 Å². The molecule has 1 aromatic rings. The number of hydrogen-bond donors (Lipinski definition) is 1. The van der Waals surface area contributed by atoms with Gasteiger partial charge in [0.05, 0.1) is 19.8 Å². The fraction of sp³-hybridized carbons (Fsp3) is 0.455. The van der Waals surface area contributed by atoms with E-state index in [1.54, 1.807) is 7.11 Å². The van der Waals surface area contributed by atoms with Gasteiger partial charge in [0, 0.05) is 18.7 Å². The van der Waals surface area contributed by atoms with Crippen molar-refractivity contribution in [3.8, 4) is 5.75 Å². The Labute approximate surface area is 84.0 Å². The van der Waals surface area contributed by atoms with Gasteiger partial charge in [-0.25, -0.2) is 0 Å². The molecular formula is C11H15NO2. The zero-order valence-corrected chi connectivity index (χ0v) is 8.32. The molecule has 1 fully saturated rings. The minimum absolute atomic E-state index is 0.375. The summed E-state index contributed by atoms with van der Waals surface area (Å²) in [5.74, 6) is 0.903. The van der Waals surface area contributed by atoms with Crippen LogP contribution in [0.25, 0.3) is 0 Å². The maximum absolute atomic E-state index is 5.66. The van der Waals surface area contributed by atoms with E-state index in [-0.39, 0.29) is 0 Å². The van der Waals surface area contributed by atoms with Gasteiger partial charge in [-0.3, -0.25) is 0 Å². The van der Waals surface area contributed by atoms with Gasteiger partial charge in [-0.05, 0) is 6.07 Å². The number of methoxy groups -OCH3 is 1. The van der Waals surface area contributed by atoms with Crippen molar-refractivity contribution in [1.29, 1.82) is 0 Å². The van der Waals surface area contributed by atoms with Crippen LogP contribution in [0, 0.1) is 0 Å². The van der Waals surface area contributed by atoms with Crippen molar-refractivity contribution in [2.45, 2.75) is 12.7 Å². The molecule has 76 valence electrons. The summed E-state index contributed by atoms with van der Waals surface area (Å²) in [6.07, 6.45) is 0.375. The second-order valence-corrected chi connectivity index (χ2v) is 3.40. The molecule has 0 aliphatic carbocycles. The summed E-state index contributed by atoms with van der Waals surface area (Å²) >= 11 is 0. The molecule has 0 radical (unpaired) electrons. The molecule has 1 aliphatic rings. The molecule has 2 rings (SSSR count). The molecule has 0 saturated carbocycles.